The van der Waals surface area contributed by atoms with Gasteiger partial charge in [-0.15, -0.1) is 11.3 Å². The number of carbonyl (C=O) groups is 2. The Bertz CT molecular complexity index is 868. The van der Waals surface area contributed by atoms with E-state index in [1.165, 1.54) is 11.3 Å². The second-order valence-electron chi connectivity index (χ2n) is 8.33. The minimum Gasteiger partial charge on any atom is -0.357 e. The van der Waals surface area contributed by atoms with E-state index in [1.807, 2.05) is 33.2 Å². The summed E-state index contributed by atoms with van der Waals surface area (Å²) in [5.41, 5.74) is 0.786. The van der Waals surface area contributed by atoms with Crippen LogP contribution in [0.25, 0.3) is 10.8 Å². The Kier molecular flexibility index (Phi) is 5.58. The predicted molar refractivity (Wildman–Crippen MR) is 109 cm³/mol. The number of nitrogens with one attached hydrogen (secondary N) is 2. The summed E-state index contributed by atoms with van der Waals surface area (Å²) < 4.78 is 2.09. The quantitative estimate of drug-likeness (QED) is 0.810. The first kappa shape index (κ1) is 20.5. The van der Waals surface area contributed by atoms with Gasteiger partial charge >= 0.3 is 0 Å². The molecule has 0 fully saturated rings. The second-order valence-corrected chi connectivity index (χ2v) is 9.22. The number of aromatic nitrogens is 3. The molecule has 9 heteroatoms. The number of amides is 2. The van der Waals surface area contributed by atoms with Gasteiger partial charge in [-0.25, -0.2) is 9.97 Å². The monoisotopic (exact) mass is 404 g/mol. The predicted octanol–water partition coefficient (Wildman–Crippen LogP) is 1.73. The van der Waals surface area contributed by atoms with Crippen LogP contribution in [0.4, 0.5) is 0 Å². The average Bonchev–Trinajstić information content (AvgIpc) is 3.26. The van der Waals surface area contributed by atoms with Crippen molar-refractivity contribution in [2.75, 3.05) is 14.1 Å². The molecule has 0 saturated heterocycles. The van der Waals surface area contributed by atoms with Crippen molar-refractivity contribution in [3.05, 3.63) is 23.0 Å². The molecule has 28 heavy (non-hydrogen) atoms. The summed E-state index contributed by atoms with van der Waals surface area (Å²) in [4.78, 5) is 36.7. The number of hydrogen-bond acceptors (Lipinski definition) is 6. The van der Waals surface area contributed by atoms with Gasteiger partial charge in [0.15, 0.2) is 16.5 Å². The lowest BCUT2D eigenvalue weighted by Crippen LogP contribution is -2.53. The van der Waals surface area contributed by atoms with Gasteiger partial charge in [0.05, 0.1) is 5.69 Å². The van der Waals surface area contributed by atoms with Crippen LogP contribution in [0, 0.1) is 5.41 Å². The summed E-state index contributed by atoms with van der Waals surface area (Å²) in [6.45, 7) is 9.27. The molecule has 0 saturated carbocycles. The molecular weight excluding hydrogens is 376 g/mol. The fourth-order valence-corrected chi connectivity index (χ4v) is 3.97. The largest absolute Gasteiger partial charge is 0.357 e. The van der Waals surface area contributed by atoms with Crippen LogP contribution in [-0.4, -0.2) is 57.4 Å². The van der Waals surface area contributed by atoms with E-state index in [0.29, 0.717) is 24.1 Å². The first-order chi connectivity index (χ1) is 13.1. The Morgan fingerprint density at radius 1 is 1.36 bits per heavy atom. The van der Waals surface area contributed by atoms with E-state index < -0.39 is 11.5 Å². The number of imidazole rings is 1. The van der Waals surface area contributed by atoms with Crippen molar-refractivity contribution in [1.82, 2.24) is 30.1 Å². The Morgan fingerprint density at radius 3 is 2.64 bits per heavy atom. The molecule has 2 N–H and O–H groups in total. The Hall–Kier alpha value is -2.26. The summed E-state index contributed by atoms with van der Waals surface area (Å²) in [6.07, 6.45) is 1.74. The highest BCUT2D eigenvalue weighted by Gasteiger charge is 2.35. The molecule has 2 atom stereocenters. The highest BCUT2D eigenvalue weighted by atomic mass is 32.1. The topological polar surface area (TPSA) is 92.1 Å². The van der Waals surface area contributed by atoms with E-state index in [-0.39, 0.29) is 11.8 Å². The van der Waals surface area contributed by atoms with Crippen molar-refractivity contribution in [3.63, 3.8) is 0 Å². The third-order valence-electron chi connectivity index (χ3n) is 5.16. The standard InChI is InChI=1S/C19H28N6O2S/c1-11-9-25-12(10-24(11)6)13(22-15(25)18-21-7-8-28-18)16(26)23-14(17(27)20-5)19(2,3)4/h7-8,11,14H,9-10H2,1-6H3,(H,20,27)(H,23,26). The molecule has 0 bridgehead atoms. The molecule has 2 aromatic rings. The lowest BCUT2D eigenvalue weighted by Gasteiger charge is -2.32. The number of thiazole rings is 1. The van der Waals surface area contributed by atoms with E-state index in [2.05, 4.69) is 37.0 Å². The number of likely N-dealkylation sites (N-methyl/N-ethyl adjacent to an activating group) is 2. The average molecular weight is 405 g/mol. The van der Waals surface area contributed by atoms with Gasteiger partial charge in [-0.3, -0.25) is 14.5 Å². The molecule has 0 aliphatic carbocycles. The van der Waals surface area contributed by atoms with E-state index in [4.69, 9.17) is 0 Å². The highest BCUT2D eigenvalue weighted by Crippen LogP contribution is 2.29. The third kappa shape index (κ3) is 3.81. The normalized spacial score (nSPS) is 18.4. The number of fused-ring (bicyclic) bond motifs is 1. The molecule has 3 rings (SSSR count). The second kappa shape index (κ2) is 7.63. The van der Waals surface area contributed by atoms with Crippen molar-refractivity contribution >= 4 is 23.2 Å². The molecule has 0 radical (unpaired) electrons. The number of nitrogens with zero attached hydrogens (tertiary/aromatic N) is 4. The van der Waals surface area contributed by atoms with E-state index in [0.717, 1.165) is 17.2 Å². The first-order valence-corrected chi connectivity index (χ1v) is 10.2. The minimum absolute atomic E-state index is 0.222. The number of carbonyl (C=O) groups excluding carboxylic acids is 2. The lowest BCUT2D eigenvalue weighted by molar-refractivity contribution is -0.124. The van der Waals surface area contributed by atoms with Crippen LogP contribution in [0.3, 0.4) is 0 Å². The van der Waals surface area contributed by atoms with Crippen LogP contribution in [0.1, 0.15) is 43.9 Å². The van der Waals surface area contributed by atoms with Crippen LogP contribution in [0.2, 0.25) is 0 Å². The highest BCUT2D eigenvalue weighted by molar-refractivity contribution is 7.13. The fraction of sp³-hybridized carbons (Fsp3) is 0.579. The van der Waals surface area contributed by atoms with Gasteiger partial charge in [-0.2, -0.15) is 0 Å². The van der Waals surface area contributed by atoms with Gasteiger partial charge in [-0.05, 0) is 19.4 Å². The summed E-state index contributed by atoms with van der Waals surface area (Å²) in [7, 11) is 3.61. The van der Waals surface area contributed by atoms with Gasteiger partial charge in [0.25, 0.3) is 5.91 Å². The van der Waals surface area contributed by atoms with Crippen LogP contribution in [0.15, 0.2) is 11.6 Å². The van der Waals surface area contributed by atoms with E-state index in [9.17, 15) is 9.59 Å². The molecule has 1 aliphatic heterocycles. The zero-order valence-electron chi connectivity index (χ0n) is 17.2. The SMILES string of the molecule is CNC(=O)C(NC(=O)c1nc(-c2nccs2)n2c1CN(C)C(C)C2)C(C)(C)C. The lowest BCUT2D eigenvalue weighted by atomic mass is 9.86. The third-order valence-corrected chi connectivity index (χ3v) is 5.93. The number of rotatable bonds is 4. The molecule has 2 unspecified atom stereocenters. The molecule has 3 heterocycles. The summed E-state index contributed by atoms with van der Waals surface area (Å²) >= 11 is 1.50. The maximum Gasteiger partial charge on any atom is 0.272 e. The van der Waals surface area contributed by atoms with Crippen LogP contribution in [0.5, 0.6) is 0 Å². The molecule has 0 aromatic carbocycles. The zero-order valence-corrected chi connectivity index (χ0v) is 18.1. The summed E-state index contributed by atoms with van der Waals surface area (Å²) in [6, 6.07) is -0.338. The van der Waals surface area contributed by atoms with Gasteiger partial charge in [-0.1, -0.05) is 20.8 Å². The smallest absolute Gasteiger partial charge is 0.272 e. The Morgan fingerprint density at radius 2 is 2.07 bits per heavy atom. The fourth-order valence-electron chi connectivity index (χ4n) is 3.34. The Balaban J connectivity index is 2.01. The van der Waals surface area contributed by atoms with Crippen molar-refractivity contribution in [3.8, 4) is 10.8 Å². The van der Waals surface area contributed by atoms with E-state index in [1.54, 1.807) is 13.2 Å². The molecule has 2 amide bonds. The Labute approximate surface area is 169 Å². The number of hydrogen-bond donors (Lipinski definition) is 2. The molecule has 152 valence electrons. The maximum atomic E-state index is 13.2. The molecule has 2 aromatic heterocycles. The molecule has 0 spiro atoms. The maximum absolute atomic E-state index is 13.2. The van der Waals surface area contributed by atoms with Crippen molar-refractivity contribution in [2.24, 2.45) is 5.41 Å². The molecule has 1 aliphatic rings. The van der Waals surface area contributed by atoms with Crippen LogP contribution < -0.4 is 10.6 Å². The van der Waals surface area contributed by atoms with Crippen molar-refractivity contribution < 1.29 is 9.59 Å². The van der Waals surface area contributed by atoms with Gasteiger partial charge < -0.3 is 15.2 Å². The van der Waals surface area contributed by atoms with Gasteiger partial charge in [0.1, 0.15) is 6.04 Å². The first-order valence-electron chi connectivity index (χ1n) is 9.35. The van der Waals surface area contributed by atoms with Gasteiger partial charge in [0, 0.05) is 37.8 Å². The molecule has 8 nitrogen and oxygen atoms in total. The molecular formula is C19H28N6O2S. The van der Waals surface area contributed by atoms with Crippen LogP contribution in [-0.2, 0) is 17.9 Å². The van der Waals surface area contributed by atoms with Crippen LogP contribution >= 0.6 is 11.3 Å². The van der Waals surface area contributed by atoms with Crippen molar-refractivity contribution in [1.29, 1.82) is 0 Å². The zero-order chi connectivity index (χ0) is 20.6. The minimum atomic E-state index is -0.661. The van der Waals surface area contributed by atoms with Crippen molar-refractivity contribution in [2.45, 2.75) is 52.9 Å². The van der Waals surface area contributed by atoms with E-state index >= 15 is 0 Å². The summed E-state index contributed by atoms with van der Waals surface area (Å²) in [5, 5.41) is 8.22. The van der Waals surface area contributed by atoms with Gasteiger partial charge in [0.2, 0.25) is 5.91 Å². The summed E-state index contributed by atoms with van der Waals surface area (Å²) in [5.74, 6) is 0.153.